The second kappa shape index (κ2) is 15.5. The highest BCUT2D eigenvalue weighted by Crippen LogP contribution is 2.63. The molecule has 1 amide bonds. The maximum Gasteiger partial charge on any atom is 0.453 e. The van der Waals surface area contributed by atoms with Gasteiger partial charge in [0.15, 0.2) is 6.10 Å². The van der Waals surface area contributed by atoms with Crippen molar-refractivity contribution in [1.29, 1.82) is 0 Å². The topological polar surface area (TPSA) is 85.3 Å². The van der Waals surface area contributed by atoms with Crippen LogP contribution in [0.4, 0.5) is 39.9 Å². The van der Waals surface area contributed by atoms with Gasteiger partial charge in [0.1, 0.15) is 5.75 Å². The van der Waals surface area contributed by atoms with Crippen molar-refractivity contribution in [3.8, 4) is 5.75 Å². The van der Waals surface area contributed by atoms with Crippen LogP contribution in [0.25, 0.3) is 0 Å². The van der Waals surface area contributed by atoms with E-state index in [1.807, 2.05) is 6.07 Å². The smallest absolute Gasteiger partial charge is 0.410 e. The van der Waals surface area contributed by atoms with Gasteiger partial charge in [-0.1, -0.05) is 13.0 Å². The van der Waals surface area contributed by atoms with E-state index in [0.29, 0.717) is 25.2 Å². The number of amides is 1. The summed E-state index contributed by atoms with van der Waals surface area (Å²) in [5.41, 5.74) is 1.94. The van der Waals surface area contributed by atoms with Crippen molar-refractivity contribution in [2.24, 2.45) is 23.2 Å². The highest BCUT2D eigenvalue weighted by molar-refractivity contribution is 7.84. The third-order valence-electron chi connectivity index (χ3n) is 11.3. The van der Waals surface area contributed by atoms with E-state index in [4.69, 9.17) is 14.2 Å². The highest BCUT2D eigenvalue weighted by Gasteiger charge is 2.58. The first-order valence-corrected chi connectivity index (χ1v) is 18.7. The molecule has 1 saturated heterocycles. The summed E-state index contributed by atoms with van der Waals surface area (Å²) in [6.07, 6.45) is -9.98. The number of ether oxygens (including phenoxy) is 3. The zero-order chi connectivity index (χ0) is 36.5. The number of aliphatic hydroxyl groups is 1. The Balaban J connectivity index is 1.29. The Morgan fingerprint density at radius 1 is 1.08 bits per heavy atom. The van der Waals surface area contributed by atoms with E-state index in [0.717, 1.165) is 41.7 Å². The molecule has 0 spiro atoms. The van der Waals surface area contributed by atoms with E-state index in [2.05, 4.69) is 6.92 Å². The maximum absolute atomic E-state index is 13.3. The van der Waals surface area contributed by atoms with E-state index >= 15 is 0 Å². The van der Waals surface area contributed by atoms with Crippen molar-refractivity contribution < 1.29 is 63.4 Å². The number of morpholine rings is 1. The zero-order valence-electron chi connectivity index (χ0n) is 27.9. The van der Waals surface area contributed by atoms with Gasteiger partial charge in [-0.2, -0.15) is 35.1 Å². The number of hydrogen-bond donors (Lipinski definition) is 1. The number of carbonyl (C=O) groups is 1. The van der Waals surface area contributed by atoms with E-state index in [1.165, 1.54) is 0 Å². The van der Waals surface area contributed by atoms with Crippen molar-refractivity contribution in [3.05, 3.63) is 29.3 Å². The quantitative estimate of drug-likeness (QED) is 0.224. The molecule has 1 aromatic carbocycles. The summed E-state index contributed by atoms with van der Waals surface area (Å²) in [5, 5.41) is 9.39. The van der Waals surface area contributed by atoms with Gasteiger partial charge in [-0.3, -0.25) is 4.21 Å². The van der Waals surface area contributed by atoms with Gasteiger partial charge in [0, 0.05) is 35.3 Å². The number of aliphatic hydroxyl groups excluding tert-OH is 1. The third-order valence-corrected chi connectivity index (χ3v) is 12.8. The van der Waals surface area contributed by atoms with Gasteiger partial charge in [0.25, 0.3) is 0 Å². The zero-order valence-corrected chi connectivity index (χ0v) is 28.7. The number of nitrogens with zero attached hydrogens (tertiary/aromatic N) is 1. The second-order valence-corrected chi connectivity index (χ2v) is 16.0. The molecular weight excluding hydrogens is 702 g/mol. The normalized spacial score (nSPS) is 30.7. The number of benzene rings is 1. The molecular formula is C34H45F8NO6S. The van der Waals surface area contributed by atoms with E-state index in [-0.39, 0.29) is 72.9 Å². The van der Waals surface area contributed by atoms with Crippen LogP contribution in [-0.4, -0.2) is 95.2 Å². The van der Waals surface area contributed by atoms with Crippen LogP contribution in [0.1, 0.15) is 75.3 Å². The molecule has 0 bridgehead atoms. The monoisotopic (exact) mass is 747 g/mol. The SMILES string of the molecule is C[C@]12CC[C@@H]3c4ccc(OC(=O)N5CCOC(C(F)(F)F)C5)cc4C[C@@H](CCCS(=O)CCCC(F)(F)C(F)(F)F)[C@H]3[C@@H]1CC[C@@H]2OCCO. The maximum atomic E-state index is 13.3. The van der Waals surface area contributed by atoms with Gasteiger partial charge in [0.2, 0.25) is 0 Å². The van der Waals surface area contributed by atoms with Crippen LogP contribution in [0.2, 0.25) is 0 Å². The third kappa shape index (κ3) is 8.60. The predicted octanol–water partition coefficient (Wildman–Crippen LogP) is 7.41. The Labute approximate surface area is 288 Å². The van der Waals surface area contributed by atoms with E-state index in [1.54, 1.807) is 12.1 Å². The van der Waals surface area contributed by atoms with Crippen LogP contribution in [0.3, 0.4) is 0 Å². The minimum atomic E-state index is -5.64. The van der Waals surface area contributed by atoms with Crippen molar-refractivity contribution >= 4 is 16.9 Å². The summed E-state index contributed by atoms with van der Waals surface area (Å²) >= 11 is 0. The lowest BCUT2D eigenvalue weighted by Crippen LogP contribution is -2.51. The fraction of sp³-hybridized carbons (Fsp3) is 0.794. The van der Waals surface area contributed by atoms with Gasteiger partial charge >= 0.3 is 24.4 Å². The van der Waals surface area contributed by atoms with Crippen molar-refractivity contribution in [2.75, 3.05) is 44.4 Å². The number of alkyl halides is 8. The van der Waals surface area contributed by atoms with Gasteiger partial charge < -0.3 is 24.2 Å². The summed E-state index contributed by atoms with van der Waals surface area (Å²) < 4.78 is 133. The predicted molar refractivity (Wildman–Crippen MR) is 167 cm³/mol. The first-order chi connectivity index (χ1) is 23.4. The largest absolute Gasteiger partial charge is 0.453 e. The summed E-state index contributed by atoms with van der Waals surface area (Å²) in [6, 6.07) is 5.34. The molecule has 1 heterocycles. The molecule has 3 aliphatic carbocycles. The Morgan fingerprint density at radius 2 is 1.82 bits per heavy atom. The summed E-state index contributed by atoms with van der Waals surface area (Å²) in [7, 11) is -1.57. The lowest BCUT2D eigenvalue weighted by Gasteiger charge is -2.53. The number of rotatable bonds is 12. The molecule has 50 heavy (non-hydrogen) atoms. The molecule has 284 valence electrons. The van der Waals surface area contributed by atoms with Crippen LogP contribution in [-0.2, 0) is 26.7 Å². The Kier molecular flexibility index (Phi) is 12.2. The minimum Gasteiger partial charge on any atom is -0.410 e. The first kappa shape index (κ1) is 39.2. The average Bonchev–Trinajstić information content (AvgIpc) is 3.38. The fourth-order valence-corrected chi connectivity index (χ4v) is 10.1. The second-order valence-electron chi connectivity index (χ2n) is 14.3. The molecule has 7 nitrogen and oxygen atoms in total. The van der Waals surface area contributed by atoms with Crippen LogP contribution < -0.4 is 4.74 Å². The van der Waals surface area contributed by atoms with Gasteiger partial charge in [-0.15, -0.1) is 0 Å². The van der Waals surface area contributed by atoms with Gasteiger partial charge in [-0.25, -0.2) is 4.79 Å². The van der Waals surface area contributed by atoms with Crippen LogP contribution in [0.5, 0.6) is 5.75 Å². The minimum absolute atomic E-state index is 0.0103. The molecule has 1 aliphatic heterocycles. The van der Waals surface area contributed by atoms with Crippen LogP contribution in [0, 0.1) is 23.2 Å². The van der Waals surface area contributed by atoms with Crippen molar-refractivity contribution in [1.82, 2.24) is 4.90 Å². The molecule has 2 unspecified atom stereocenters. The van der Waals surface area contributed by atoms with Gasteiger partial charge in [-0.05, 0) is 104 Å². The fourth-order valence-electron chi connectivity index (χ4n) is 8.92. The Bertz CT molecular complexity index is 1360. The van der Waals surface area contributed by atoms with Crippen molar-refractivity contribution in [3.63, 3.8) is 0 Å². The summed E-state index contributed by atoms with van der Waals surface area (Å²) in [5.74, 6) is -3.94. The molecule has 0 aromatic heterocycles. The molecule has 16 heteroatoms. The van der Waals surface area contributed by atoms with E-state index < -0.39 is 60.7 Å². The molecule has 5 rings (SSSR count). The van der Waals surface area contributed by atoms with Crippen LogP contribution in [0.15, 0.2) is 18.2 Å². The lowest BCUT2D eigenvalue weighted by molar-refractivity contribution is -0.284. The Morgan fingerprint density at radius 3 is 2.52 bits per heavy atom. The molecule has 8 atom stereocenters. The standard InChI is InChI=1S/C34H45F8NO6S/c1-31-11-9-25-24-6-5-23(49-30(45)43-12-14-47-28(20-43)33(37,38)39)19-22(24)18-21(29(25)26(31)7-8-27(31)48-15-13-44)4-2-16-50(46)17-3-10-32(35,36)34(40,41)42/h5-6,19,21,25-29,44H,2-4,7-18,20H2,1H3/t21-,25-,26+,27+,28?,29-,31+,50?/m1/s1. The summed E-state index contributed by atoms with van der Waals surface area (Å²) in [6.45, 7) is 1.41. The Hall–Kier alpha value is -2.04. The molecule has 0 radical (unpaired) electrons. The van der Waals surface area contributed by atoms with Gasteiger partial charge in [0.05, 0.1) is 32.5 Å². The first-order valence-electron chi connectivity index (χ1n) is 17.2. The molecule has 1 N–H and O–H groups in total. The molecule has 4 aliphatic rings. The number of carbonyl (C=O) groups excluding carboxylic acids is 1. The lowest BCUT2D eigenvalue weighted by atomic mass is 9.52. The molecule has 3 fully saturated rings. The average molecular weight is 748 g/mol. The van der Waals surface area contributed by atoms with E-state index in [9.17, 15) is 49.2 Å². The number of fused-ring (bicyclic) bond motifs is 5. The number of halogens is 8. The molecule has 2 saturated carbocycles. The van der Waals surface area contributed by atoms with Crippen molar-refractivity contribution in [2.45, 2.75) is 101 Å². The summed E-state index contributed by atoms with van der Waals surface area (Å²) in [4.78, 5) is 13.9. The highest BCUT2D eigenvalue weighted by atomic mass is 32.2. The molecule has 1 aromatic rings. The number of hydrogen-bond acceptors (Lipinski definition) is 6. The van der Waals surface area contributed by atoms with Crippen LogP contribution >= 0.6 is 0 Å².